The van der Waals surface area contributed by atoms with Crippen LogP contribution in [0.2, 0.25) is 0 Å². The Bertz CT molecular complexity index is 592. The van der Waals surface area contributed by atoms with Gasteiger partial charge in [0.2, 0.25) is 5.91 Å². The molecule has 0 aromatic carbocycles. The van der Waals surface area contributed by atoms with Gasteiger partial charge >= 0.3 is 0 Å². The first kappa shape index (κ1) is 12.2. The van der Waals surface area contributed by atoms with Crippen LogP contribution >= 0.6 is 0 Å². The van der Waals surface area contributed by atoms with Gasteiger partial charge in [-0.25, -0.2) is 4.98 Å². The lowest BCUT2D eigenvalue weighted by molar-refractivity contribution is -0.118. The molecule has 2 N–H and O–H groups in total. The number of fused-ring (bicyclic) bond motifs is 1. The van der Waals surface area contributed by atoms with Gasteiger partial charge < -0.3 is 10.1 Å². The first-order valence-corrected chi connectivity index (χ1v) is 6.64. The molecule has 1 aliphatic rings. The van der Waals surface area contributed by atoms with Gasteiger partial charge in [-0.1, -0.05) is 6.07 Å². The number of aromatic nitrogens is 2. The molecule has 3 rings (SSSR count). The third-order valence-electron chi connectivity index (χ3n) is 3.76. The SMILES string of the molecule is NC(=O)CC1CCN(Cc2cccc3nccn23)C1. The molecule has 5 nitrogen and oxygen atoms in total. The molecule has 1 saturated heterocycles. The van der Waals surface area contributed by atoms with E-state index in [1.54, 1.807) is 0 Å². The average molecular weight is 258 g/mol. The van der Waals surface area contributed by atoms with E-state index in [-0.39, 0.29) is 5.91 Å². The number of rotatable bonds is 4. The Hall–Kier alpha value is -1.88. The van der Waals surface area contributed by atoms with Crippen LogP contribution in [0, 0.1) is 5.92 Å². The molecule has 0 spiro atoms. The van der Waals surface area contributed by atoms with Crippen LogP contribution in [-0.4, -0.2) is 33.3 Å². The summed E-state index contributed by atoms with van der Waals surface area (Å²) in [5.74, 6) is 0.225. The second kappa shape index (κ2) is 5.01. The highest BCUT2D eigenvalue weighted by molar-refractivity contribution is 5.74. The molecule has 0 bridgehead atoms. The number of primary amides is 1. The van der Waals surface area contributed by atoms with Crippen molar-refractivity contribution in [3.63, 3.8) is 0 Å². The maximum absolute atomic E-state index is 11.0. The second-order valence-electron chi connectivity index (χ2n) is 5.23. The van der Waals surface area contributed by atoms with Gasteiger partial charge in [0.05, 0.1) is 0 Å². The third-order valence-corrected chi connectivity index (χ3v) is 3.76. The van der Waals surface area contributed by atoms with Gasteiger partial charge in [0.1, 0.15) is 5.65 Å². The summed E-state index contributed by atoms with van der Waals surface area (Å²) in [4.78, 5) is 17.6. The Morgan fingerprint density at radius 2 is 2.37 bits per heavy atom. The van der Waals surface area contributed by atoms with Gasteiger partial charge in [0, 0.05) is 37.6 Å². The topological polar surface area (TPSA) is 63.6 Å². The van der Waals surface area contributed by atoms with E-state index in [2.05, 4.69) is 20.4 Å². The first-order valence-electron chi connectivity index (χ1n) is 6.64. The zero-order valence-corrected chi connectivity index (χ0v) is 10.8. The summed E-state index contributed by atoms with van der Waals surface area (Å²) < 4.78 is 2.11. The van der Waals surface area contributed by atoms with E-state index in [0.717, 1.165) is 31.7 Å². The number of hydrogen-bond acceptors (Lipinski definition) is 3. The van der Waals surface area contributed by atoms with E-state index in [1.807, 2.05) is 24.5 Å². The van der Waals surface area contributed by atoms with E-state index >= 15 is 0 Å². The van der Waals surface area contributed by atoms with Crippen molar-refractivity contribution < 1.29 is 4.79 Å². The average Bonchev–Trinajstić information content (AvgIpc) is 2.98. The van der Waals surface area contributed by atoms with Crippen molar-refractivity contribution in [2.24, 2.45) is 11.7 Å². The molecule has 3 heterocycles. The summed E-state index contributed by atoms with van der Waals surface area (Å²) in [7, 11) is 0. The van der Waals surface area contributed by atoms with E-state index in [4.69, 9.17) is 5.73 Å². The molecular formula is C14H18N4O. The monoisotopic (exact) mass is 258 g/mol. The summed E-state index contributed by atoms with van der Waals surface area (Å²) >= 11 is 0. The van der Waals surface area contributed by atoms with Crippen LogP contribution < -0.4 is 5.73 Å². The first-order chi connectivity index (χ1) is 9.22. The molecule has 0 radical (unpaired) electrons. The number of pyridine rings is 1. The van der Waals surface area contributed by atoms with E-state index in [0.29, 0.717) is 12.3 Å². The molecule has 1 aliphatic heterocycles. The van der Waals surface area contributed by atoms with Crippen molar-refractivity contribution in [3.05, 3.63) is 36.3 Å². The molecule has 2 aromatic heterocycles. The Morgan fingerprint density at radius 1 is 1.47 bits per heavy atom. The lowest BCUT2D eigenvalue weighted by atomic mass is 10.1. The number of nitrogens with two attached hydrogens (primary N) is 1. The zero-order chi connectivity index (χ0) is 13.2. The maximum Gasteiger partial charge on any atom is 0.217 e. The fourth-order valence-corrected chi connectivity index (χ4v) is 2.87. The normalized spacial score (nSPS) is 20.1. The molecule has 0 saturated carbocycles. The molecule has 5 heteroatoms. The number of imidazole rings is 1. The maximum atomic E-state index is 11.0. The van der Waals surface area contributed by atoms with E-state index in [9.17, 15) is 4.79 Å². The Balaban J connectivity index is 1.69. The van der Waals surface area contributed by atoms with Crippen LogP contribution in [0.5, 0.6) is 0 Å². The van der Waals surface area contributed by atoms with Crippen molar-refractivity contribution >= 4 is 11.6 Å². The molecule has 1 amide bonds. The van der Waals surface area contributed by atoms with Gasteiger partial charge in [0.15, 0.2) is 0 Å². The van der Waals surface area contributed by atoms with Gasteiger partial charge in [-0.2, -0.15) is 0 Å². The standard InChI is InChI=1S/C14H18N4O/c15-13(19)8-11-4-6-17(9-11)10-12-2-1-3-14-16-5-7-18(12)14/h1-3,5,7,11H,4,6,8-10H2,(H2,15,19). The summed E-state index contributed by atoms with van der Waals surface area (Å²) in [6.07, 6.45) is 5.37. The molecule has 0 aliphatic carbocycles. The predicted molar refractivity (Wildman–Crippen MR) is 72.4 cm³/mol. The fourth-order valence-electron chi connectivity index (χ4n) is 2.87. The lowest BCUT2D eigenvalue weighted by Gasteiger charge is -2.16. The fraction of sp³-hybridized carbons (Fsp3) is 0.429. The number of amides is 1. The Morgan fingerprint density at radius 3 is 3.21 bits per heavy atom. The van der Waals surface area contributed by atoms with Gasteiger partial charge in [0.25, 0.3) is 0 Å². The van der Waals surface area contributed by atoms with Crippen molar-refractivity contribution in [3.8, 4) is 0 Å². The number of nitrogens with zero attached hydrogens (tertiary/aromatic N) is 3. The molecule has 1 unspecified atom stereocenters. The second-order valence-corrected chi connectivity index (χ2v) is 5.23. The largest absolute Gasteiger partial charge is 0.370 e. The van der Waals surface area contributed by atoms with Gasteiger partial charge in [-0.3, -0.25) is 9.69 Å². The van der Waals surface area contributed by atoms with Crippen molar-refractivity contribution in [2.45, 2.75) is 19.4 Å². The minimum atomic E-state index is -0.191. The summed E-state index contributed by atoms with van der Waals surface area (Å²) in [6.45, 7) is 2.88. The highest BCUT2D eigenvalue weighted by atomic mass is 16.1. The lowest BCUT2D eigenvalue weighted by Crippen LogP contribution is -2.23. The minimum Gasteiger partial charge on any atom is -0.370 e. The smallest absolute Gasteiger partial charge is 0.217 e. The summed E-state index contributed by atoms with van der Waals surface area (Å²) in [5, 5.41) is 0. The molecule has 1 fully saturated rings. The van der Waals surface area contributed by atoms with Gasteiger partial charge in [-0.15, -0.1) is 0 Å². The van der Waals surface area contributed by atoms with Crippen LogP contribution in [0.25, 0.3) is 5.65 Å². The Labute approximate surface area is 112 Å². The number of carbonyl (C=O) groups is 1. The number of carbonyl (C=O) groups excluding carboxylic acids is 1. The van der Waals surface area contributed by atoms with Crippen molar-refractivity contribution in [1.29, 1.82) is 0 Å². The van der Waals surface area contributed by atoms with Crippen LogP contribution in [-0.2, 0) is 11.3 Å². The van der Waals surface area contributed by atoms with Crippen LogP contribution in [0.3, 0.4) is 0 Å². The zero-order valence-electron chi connectivity index (χ0n) is 10.8. The summed E-state index contributed by atoms with van der Waals surface area (Å²) in [5.41, 5.74) is 7.47. The highest BCUT2D eigenvalue weighted by Gasteiger charge is 2.24. The molecule has 100 valence electrons. The third kappa shape index (κ3) is 2.61. The Kier molecular flexibility index (Phi) is 3.21. The van der Waals surface area contributed by atoms with Crippen molar-refractivity contribution in [2.75, 3.05) is 13.1 Å². The van der Waals surface area contributed by atoms with Gasteiger partial charge in [-0.05, 0) is 31.0 Å². The number of hydrogen-bond donors (Lipinski definition) is 1. The summed E-state index contributed by atoms with van der Waals surface area (Å²) in [6, 6.07) is 6.16. The van der Waals surface area contributed by atoms with Crippen LogP contribution in [0.1, 0.15) is 18.5 Å². The van der Waals surface area contributed by atoms with Crippen LogP contribution in [0.4, 0.5) is 0 Å². The van der Waals surface area contributed by atoms with E-state index < -0.39 is 0 Å². The van der Waals surface area contributed by atoms with E-state index in [1.165, 1.54) is 5.69 Å². The molecule has 1 atom stereocenters. The van der Waals surface area contributed by atoms with Crippen molar-refractivity contribution in [1.82, 2.24) is 14.3 Å². The quantitative estimate of drug-likeness (QED) is 0.891. The highest BCUT2D eigenvalue weighted by Crippen LogP contribution is 2.21. The number of likely N-dealkylation sites (tertiary alicyclic amines) is 1. The van der Waals surface area contributed by atoms with Crippen LogP contribution in [0.15, 0.2) is 30.6 Å². The predicted octanol–water partition coefficient (Wildman–Crippen LogP) is 1.03. The molecular weight excluding hydrogens is 240 g/mol. The molecule has 19 heavy (non-hydrogen) atoms. The minimum absolute atomic E-state index is 0.191. The molecule has 2 aromatic rings.